The molecule has 0 aliphatic carbocycles. The van der Waals surface area contributed by atoms with Crippen LogP contribution in [0.25, 0.3) is 0 Å². The van der Waals surface area contributed by atoms with E-state index in [0.29, 0.717) is 23.5 Å². The Kier molecular flexibility index (Phi) is 8.00. The predicted molar refractivity (Wildman–Crippen MR) is 106 cm³/mol. The minimum atomic E-state index is 0.433. The van der Waals surface area contributed by atoms with Gasteiger partial charge in [-0.1, -0.05) is 13.8 Å². The highest BCUT2D eigenvalue weighted by Crippen LogP contribution is 2.29. The SMILES string of the molecule is CN=C(NCC(C(C)C)N1CCOCC1)Nc1ccc(OC)c(OC)c1. The number of morpholine rings is 1. The van der Waals surface area contributed by atoms with Gasteiger partial charge in [-0.15, -0.1) is 0 Å². The predicted octanol–water partition coefficient (Wildman–Crippen LogP) is 2.05. The number of aliphatic imine (C=N–C) groups is 1. The Balaban J connectivity index is 1.98. The highest BCUT2D eigenvalue weighted by Gasteiger charge is 2.23. The number of benzene rings is 1. The molecule has 2 N–H and O–H groups in total. The molecule has 2 rings (SSSR count). The second kappa shape index (κ2) is 10.2. The van der Waals surface area contributed by atoms with Crippen LogP contribution in [0.15, 0.2) is 23.2 Å². The van der Waals surface area contributed by atoms with Crippen LogP contribution in [-0.2, 0) is 4.74 Å². The van der Waals surface area contributed by atoms with Crippen LogP contribution in [0.5, 0.6) is 11.5 Å². The van der Waals surface area contributed by atoms with Crippen molar-refractivity contribution in [1.29, 1.82) is 0 Å². The van der Waals surface area contributed by atoms with Crippen LogP contribution < -0.4 is 20.1 Å². The lowest BCUT2D eigenvalue weighted by molar-refractivity contribution is 0.00757. The average Bonchev–Trinajstić information content (AvgIpc) is 2.67. The first kappa shape index (κ1) is 20.3. The monoisotopic (exact) mass is 364 g/mol. The fourth-order valence-corrected chi connectivity index (χ4v) is 3.13. The molecule has 0 saturated carbocycles. The Morgan fingerprint density at radius 2 is 1.88 bits per heavy atom. The highest BCUT2D eigenvalue weighted by molar-refractivity contribution is 5.93. The molecule has 146 valence electrons. The van der Waals surface area contributed by atoms with Crippen molar-refractivity contribution in [3.63, 3.8) is 0 Å². The Labute approximate surface area is 156 Å². The molecule has 1 heterocycles. The molecule has 1 aliphatic heterocycles. The number of nitrogens with one attached hydrogen (secondary N) is 2. The molecule has 26 heavy (non-hydrogen) atoms. The van der Waals surface area contributed by atoms with E-state index in [1.807, 2.05) is 18.2 Å². The fourth-order valence-electron chi connectivity index (χ4n) is 3.13. The first-order valence-corrected chi connectivity index (χ1v) is 9.10. The molecule has 7 heteroatoms. The van der Waals surface area contributed by atoms with Crippen molar-refractivity contribution < 1.29 is 14.2 Å². The zero-order valence-electron chi connectivity index (χ0n) is 16.5. The van der Waals surface area contributed by atoms with Crippen LogP contribution in [0.3, 0.4) is 0 Å². The van der Waals surface area contributed by atoms with E-state index < -0.39 is 0 Å². The summed E-state index contributed by atoms with van der Waals surface area (Å²) in [6.07, 6.45) is 0. The molecule has 7 nitrogen and oxygen atoms in total. The first-order valence-electron chi connectivity index (χ1n) is 9.10. The number of nitrogens with zero attached hydrogens (tertiary/aromatic N) is 2. The van der Waals surface area contributed by atoms with Crippen molar-refractivity contribution in [3.8, 4) is 11.5 Å². The van der Waals surface area contributed by atoms with Gasteiger partial charge in [0, 0.05) is 44.5 Å². The highest BCUT2D eigenvalue weighted by atomic mass is 16.5. The fraction of sp³-hybridized carbons (Fsp3) is 0.632. The van der Waals surface area contributed by atoms with Crippen molar-refractivity contribution in [2.75, 3.05) is 59.4 Å². The van der Waals surface area contributed by atoms with Gasteiger partial charge in [-0.3, -0.25) is 9.89 Å². The summed E-state index contributed by atoms with van der Waals surface area (Å²) in [6.45, 7) is 8.91. The van der Waals surface area contributed by atoms with E-state index in [2.05, 4.69) is 34.4 Å². The zero-order valence-corrected chi connectivity index (χ0v) is 16.5. The van der Waals surface area contributed by atoms with Crippen molar-refractivity contribution in [1.82, 2.24) is 10.2 Å². The minimum absolute atomic E-state index is 0.433. The Hall–Kier alpha value is -1.99. The molecular formula is C19H32N4O3. The normalized spacial score (nSPS) is 17.1. The summed E-state index contributed by atoms with van der Waals surface area (Å²) < 4.78 is 16.1. The van der Waals surface area contributed by atoms with Crippen LogP contribution in [0.4, 0.5) is 5.69 Å². The maximum atomic E-state index is 5.48. The minimum Gasteiger partial charge on any atom is -0.493 e. The largest absolute Gasteiger partial charge is 0.493 e. The molecular weight excluding hydrogens is 332 g/mol. The number of guanidine groups is 1. The summed E-state index contributed by atoms with van der Waals surface area (Å²) in [5.74, 6) is 2.66. The van der Waals surface area contributed by atoms with E-state index in [0.717, 1.165) is 44.5 Å². The van der Waals surface area contributed by atoms with Gasteiger partial charge in [-0.2, -0.15) is 0 Å². The van der Waals surface area contributed by atoms with Gasteiger partial charge in [0.25, 0.3) is 0 Å². The number of hydrogen-bond donors (Lipinski definition) is 2. The summed E-state index contributed by atoms with van der Waals surface area (Å²) in [5.41, 5.74) is 0.892. The number of ether oxygens (including phenoxy) is 3. The van der Waals surface area contributed by atoms with Crippen LogP contribution in [-0.4, -0.2) is 71.0 Å². The molecule has 0 aromatic heterocycles. The van der Waals surface area contributed by atoms with Crippen LogP contribution in [0.2, 0.25) is 0 Å². The summed E-state index contributed by atoms with van der Waals surface area (Å²) in [6, 6.07) is 6.14. The summed E-state index contributed by atoms with van der Waals surface area (Å²) in [5, 5.41) is 6.76. The second-order valence-electron chi connectivity index (χ2n) is 6.61. The summed E-state index contributed by atoms with van der Waals surface area (Å²) in [4.78, 5) is 6.83. The lowest BCUT2D eigenvalue weighted by Crippen LogP contribution is -2.51. The zero-order chi connectivity index (χ0) is 18.9. The summed E-state index contributed by atoms with van der Waals surface area (Å²) >= 11 is 0. The molecule has 1 unspecified atom stereocenters. The van der Waals surface area contributed by atoms with Gasteiger partial charge in [0.15, 0.2) is 17.5 Å². The quantitative estimate of drug-likeness (QED) is 0.570. The van der Waals surface area contributed by atoms with E-state index in [1.54, 1.807) is 21.3 Å². The average molecular weight is 364 g/mol. The second-order valence-corrected chi connectivity index (χ2v) is 6.61. The maximum Gasteiger partial charge on any atom is 0.195 e. The lowest BCUT2D eigenvalue weighted by atomic mass is 10.0. The molecule has 0 spiro atoms. The Morgan fingerprint density at radius 1 is 1.19 bits per heavy atom. The Bertz CT molecular complexity index is 586. The molecule has 1 atom stereocenters. The van der Waals surface area contributed by atoms with Gasteiger partial charge in [0.2, 0.25) is 0 Å². The van der Waals surface area contributed by atoms with Crippen LogP contribution >= 0.6 is 0 Å². The number of anilines is 1. The third kappa shape index (κ3) is 5.51. The topological polar surface area (TPSA) is 67.4 Å². The van der Waals surface area contributed by atoms with E-state index in [-0.39, 0.29) is 0 Å². The van der Waals surface area contributed by atoms with Gasteiger partial charge in [0.1, 0.15) is 0 Å². The van der Waals surface area contributed by atoms with Crippen LogP contribution in [0.1, 0.15) is 13.8 Å². The maximum absolute atomic E-state index is 5.48. The van der Waals surface area contributed by atoms with Gasteiger partial charge >= 0.3 is 0 Å². The molecule has 0 amide bonds. The van der Waals surface area contributed by atoms with Crippen molar-refractivity contribution in [2.45, 2.75) is 19.9 Å². The van der Waals surface area contributed by atoms with Gasteiger partial charge in [0.05, 0.1) is 27.4 Å². The van der Waals surface area contributed by atoms with Crippen LogP contribution in [0, 0.1) is 5.92 Å². The third-order valence-electron chi connectivity index (χ3n) is 4.63. The Morgan fingerprint density at radius 3 is 2.46 bits per heavy atom. The molecule has 1 aromatic rings. The number of hydrogen-bond acceptors (Lipinski definition) is 5. The van der Waals surface area contributed by atoms with Crippen molar-refractivity contribution in [3.05, 3.63) is 18.2 Å². The first-order chi connectivity index (χ1) is 12.6. The molecule has 1 aromatic carbocycles. The molecule has 0 radical (unpaired) electrons. The van der Waals surface area contributed by atoms with Gasteiger partial charge in [-0.05, 0) is 18.1 Å². The molecule has 1 aliphatic rings. The van der Waals surface area contributed by atoms with E-state index in [9.17, 15) is 0 Å². The smallest absolute Gasteiger partial charge is 0.195 e. The van der Waals surface area contributed by atoms with E-state index in [4.69, 9.17) is 14.2 Å². The number of methoxy groups -OCH3 is 2. The molecule has 0 bridgehead atoms. The number of rotatable bonds is 7. The molecule has 1 saturated heterocycles. The van der Waals surface area contributed by atoms with Gasteiger partial charge < -0.3 is 24.8 Å². The molecule has 1 fully saturated rings. The van der Waals surface area contributed by atoms with E-state index >= 15 is 0 Å². The summed E-state index contributed by atoms with van der Waals surface area (Å²) in [7, 11) is 5.03. The standard InChI is InChI=1S/C19H32N4O3/c1-14(2)16(23-8-10-26-11-9-23)13-21-19(20-3)22-15-6-7-17(24-4)18(12-15)25-5/h6-7,12,14,16H,8-11,13H2,1-5H3,(H2,20,21,22). The third-order valence-corrected chi connectivity index (χ3v) is 4.63. The lowest BCUT2D eigenvalue weighted by Gasteiger charge is -2.37. The van der Waals surface area contributed by atoms with E-state index in [1.165, 1.54) is 0 Å². The van der Waals surface area contributed by atoms with Gasteiger partial charge in [-0.25, -0.2) is 0 Å². The van der Waals surface area contributed by atoms with Crippen molar-refractivity contribution in [2.24, 2.45) is 10.9 Å². The van der Waals surface area contributed by atoms with Crippen molar-refractivity contribution >= 4 is 11.6 Å².